The normalized spacial score (nSPS) is 28.5. The molecular formula is C20H27Cl2N3O4S. The molecule has 1 aromatic rings. The minimum atomic E-state index is -3.40. The van der Waals surface area contributed by atoms with Gasteiger partial charge in [0.05, 0.1) is 54.1 Å². The highest BCUT2D eigenvalue weighted by Gasteiger charge is 2.50. The molecule has 0 N–H and O–H groups in total. The number of amides is 1. The summed E-state index contributed by atoms with van der Waals surface area (Å²) in [5, 5.41) is 0.871. The van der Waals surface area contributed by atoms with Crippen LogP contribution in [0.4, 0.5) is 0 Å². The first-order valence-corrected chi connectivity index (χ1v) is 12.9. The van der Waals surface area contributed by atoms with Crippen molar-refractivity contribution in [1.82, 2.24) is 14.1 Å². The van der Waals surface area contributed by atoms with E-state index >= 15 is 0 Å². The van der Waals surface area contributed by atoms with E-state index in [9.17, 15) is 13.2 Å². The summed E-state index contributed by atoms with van der Waals surface area (Å²) in [6.45, 7) is 3.37. The highest BCUT2D eigenvalue weighted by molar-refractivity contribution is 7.88. The molecule has 1 aromatic carbocycles. The summed E-state index contributed by atoms with van der Waals surface area (Å²) in [6.07, 6.45) is 3.66. The molecule has 4 rings (SSSR count). The van der Waals surface area contributed by atoms with Gasteiger partial charge in [0, 0.05) is 13.1 Å². The maximum absolute atomic E-state index is 13.4. The summed E-state index contributed by atoms with van der Waals surface area (Å²) < 4.78 is 32.2. The van der Waals surface area contributed by atoms with Crippen molar-refractivity contribution in [2.24, 2.45) is 0 Å². The minimum absolute atomic E-state index is 0.00597. The second-order valence-corrected chi connectivity index (χ2v) is 11.0. The third-order valence-corrected chi connectivity index (χ3v) is 8.40. The van der Waals surface area contributed by atoms with Crippen molar-refractivity contribution in [1.29, 1.82) is 0 Å². The number of likely N-dealkylation sites (tertiary alicyclic amines) is 1. The smallest absolute Gasteiger partial charge is 0.227 e. The van der Waals surface area contributed by atoms with Gasteiger partial charge in [-0.1, -0.05) is 29.3 Å². The second-order valence-electron chi connectivity index (χ2n) is 8.29. The number of carbonyl (C=O) groups is 1. The van der Waals surface area contributed by atoms with Gasteiger partial charge in [-0.3, -0.25) is 9.69 Å². The van der Waals surface area contributed by atoms with Gasteiger partial charge in [-0.15, -0.1) is 0 Å². The van der Waals surface area contributed by atoms with Crippen LogP contribution in [0.25, 0.3) is 0 Å². The number of hydrogen-bond acceptors (Lipinski definition) is 5. The predicted octanol–water partition coefficient (Wildman–Crippen LogP) is 1.87. The third kappa shape index (κ3) is 4.49. The number of halogens is 2. The molecule has 3 atom stereocenters. The van der Waals surface area contributed by atoms with Crippen LogP contribution in [0.15, 0.2) is 18.2 Å². The van der Waals surface area contributed by atoms with Crippen LogP contribution in [0, 0.1) is 0 Å². The number of nitrogens with zero attached hydrogens (tertiary/aromatic N) is 3. The van der Waals surface area contributed by atoms with E-state index in [0.717, 1.165) is 31.5 Å². The van der Waals surface area contributed by atoms with E-state index in [4.69, 9.17) is 27.9 Å². The molecule has 1 amide bonds. The second kappa shape index (κ2) is 8.92. The summed E-state index contributed by atoms with van der Waals surface area (Å²) >= 11 is 12.1. The lowest BCUT2D eigenvalue weighted by atomic mass is 9.92. The zero-order valence-electron chi connectivity index (χ0n) is 17.0. The zero-order valence-corrected chi connectivity index (χ0v) is 19.3. The molecule has 10 heteroatoms. The van der Waals surface area contributed by atoms with Gasteiger partial charge in [0.1, 0.15) is 0 Å². The monoisotopic (exact) mass is 475 g/mol. The van der Waals surface area contributed by atoms with Gasteiger partial charge < -0.3 is 9.64 Å². The number of fused-ring (bicyclic) bond motifs is 1. The Balaban J connectivity index is 1.62. The van der Waals surface area contributed by atoms with Crippen molar-refractivity contribution in [3.05, 3.63) is 33.8 Å². The van der Waals surface area contributed by atoms with E-state index in [1.54, 1.807) is 18.2 Å². The summed E-state index contributed by atoms with van der Waals surface area (Å²) in [5.74, 6) is -0.0253. The van der Waals surface area contributed by atoms with Crippen molar-refractivity contribution < 1.29 is 17.9 Å². The highest BCUT2D eigenvalue weighted by Crippen LogP contribution is 2.31. The highest BCUT2D eigenvalue weighted by atomic mass is 35.5. The van der Waals surface area contributed by atoms with Crippen LogP contribution in [0.3, 0.4) is 0 Å². The number of sulfonamides is 1. The van der Waals surface area contributed by atoms with Crippen molar-refractivity contribution in [2.45, 2.75) is 37.4 Å². The van der Waals surface area contributed by atoms with Crippen molar-refractivity contribution >= 4 is 39.1 Å². The van der Waals surface area contributed by atoms with Gasteiger partial charge in [-0.05, 0) is 43.6 Å². The predicted molar refractivity (Wildman–Crippen MR) is 116 cm³/mol. The maximum atomic E-state index is 13.4. The molecule has 0 radical (unpaired) electrons. The van der Waals surface area contributed by atoms with Gasteiger partial charge in [-0.2, -0.15) is 4.31 Å². The largest absolute Gasteiger partial charge is 0.378 e. The molecule has 1 unspecified atom stereocenters. The fraction of sp³-hybridized carbons (Fsp3) is 0.650. The molecule has 3 heterocycles. The Morgan fingerprint density at radius 3 is 2.43 bits per heavy atom. The van der Waals surface area contributed by atoms with Gasteiger partial charge in [-0.25, -0.2) is 8.42 Å². The van der Waals surface area contributed by atoms with Crippen LogP contribution in [-0.2, 0) is 26.0 Å². The van der Waals surface area contributed by atoms with Crippen LogP contribution < -0.4 is 0 Å². The quantitative estimate of drug-likeness (QED) is 0.664. The lowest BCUT2D eigenvalue weighted by Crippen LogP contribution is -2.72. The number of rotatable bonds is 4. The first kappa shape index (κ1) is 22.3. The minimum Gasteiger partial charge on any atom is -0.378 e. The lowest BCUT2D eigenvalue weighted by Gasteiger charge is -2.53. The van der Waals surface area contributed by atoms with Crippen molar-refractivity contribution in [3.8, 4) is 0 Å². The molecule has 0 aliphatic carbocycles. The summed E-state index contributed by atoms with van der Waals surface area (Å²) in [7, 11) is -3.40. The Bertz CT molecular complexity index is 907. The number of hydrogen-bond donors (Lipinski definition) is 0. The van der Waals surface area contributed by atoms with E-state index in [2.05, 4.69) is 4.90 Å². The molecular weight excluding hydrogens is 449 g/mol. The Labute approximate surface area is 187 Å². The lowest BCUT2D eigenvalue weighted by molar-refractivity contribution is -0.147. The fourth-order valence-corrected chi connectivity index (χ4v) is 6.39. The summed E-state index contributed by atoms with van der Waals surface area (Å²) in [5.41, 5.74) is 0.793. The third-order valence-electron chi connectivity index (χ3n) is 6.35. The van der Waals surface area contributed by atoms with E-state index in [1.165, 1.54) is 10.6 Å². The van der Waals surface area contributed by atoms with E-state index in [1.807, 2.05) is 4.90 Å². The van der Waals surface area contributed by atoms with Gasteiger partial charge in [0.15, 0.2) is 0 Å². The molecule has 0 aromatic heterocycles. The standard InChI is InChI=1S/C20H27Cl2N3O4S/c1-30(27,28)25-9-8-24(19(26)11-14-4-5-15(21)16(22)10-14)20-17(12-29-13-18(20)25)23-6-2-3-7-23/h4-5,10,17-18,20H,2-3,6-9,11-13H2,1H3/t17?,18-,20-/m1/s1. The van der Waals surface area contributed by atoms with Crippen molar-refractivity contribution in [2.75, 3.05) is 45.6 Å². The Morgan fingerprint density at radius 2 is 1.77 bits per heavy atom. The molecule has 3 saturated heterocycles. The van der Waals surface area contributed by atoms with Crippen LogP contribution >= 0.6 is 23.2 Å². The van der Waals surface area contributed by atoms with Crippen LogP contribution in [0.2, 0.25) is 10.0 Å². The molecule has 0 spiro atoms. The van der Waals surface area contributed by atoms with E-state index in [-0.39, 0.29) is 37.0 Å². The molecule has 166 valence electrons. The number of carbonyl (C=O) groups excluding carboxylic acids is 1. The fourth-order valence-electron chi connectivity index (χ4n) is 4.98. The zero-order chi connectivity index (χ0) is 21.5. The number of ether oxygens (including phenoxy) is 1. The van der Waals surface area contributed by atoms with Crippen LogP contribution in [-0.4, -0.2) is 92.2 Å². The number of benzene rings is 1. The molecule has 3 aliphatic heterocycles. The molecule has 0 saturated carbocycles. The molecule has 7 nitrogen and oxygen atoms in total. The average molecular weight is 476 g/mol. The molecule has 30 heavy (non-hydrogen) atoms. The topological polar surface area (TPSA) is 70.2 Å². The van der Waals surface area contributed by atoms with Crippen LogP contribution in [0.5, 0.6) is 0 Å². The maximum Gasteiger partial charge on any atom is 0.227 e. The van der Waals surface area contributed by atoms with Gasteiger partial charge >= 0.3 is 0 Å². The van der Waals surface area contributed by atoms with Gasteiger partial charge in [0.2, 0.25) is 15.9 Å². The van der Waals surface area contributed by atoms with Gasteiger partial charge in [0.25, 0.3) is 0 Å². The number of piperazine rings is 1. The van der Waals surface area contributed by atoms with Crippen LogP contribution in [0.1, 0.15) is 18.4 Å². The van der Waals surface area contributed by atoms with Crippen molar-refractivity contribution in [3.63, 3.8) is 0 Å². The first-order valence-electron chi connectivity index (χ1n) is 10.3. The Kier molecular flexibility index (Phi) is 6.63. The first-order chi connectivity index (χ1) is 14.3. The molecule has 3 fully saturated rings. The summed E-state index contributed by atoms with van der Waals surface area (Å²) in [4.78, 5) is 17.6. The van der Waals surface area contributed by atoms with E-state index in [0.29, 0.717) is 29.8 Å². The average Bonchev–Trinajstić information content (AvgIpc) is 3.23. The van der Waals surface area contributed by atoms with E-state index < -0.39 is 10.0 Å². The Hall–Kier alpha value is -0.900. The molecule has 0 bridgehead atoms. The summed E-state index contributed by atoms with van der Waals surface area (Å²) in [6, 6.07) is 4.61. The Morgan fingerprint density at radius 1 is 1.07 bits per heavy atom. The SMILES string of the molecule is CS(=O)(=O)N1CCN(C(=O)Cc2ccc(Cl)c(Cl)c2)[C@@H]2C(N3CCCC3)COC[C@H]21. The molecule has 3 aliphatic rings.